The van der Waals surface area contributed by atoms with E-state index < -0.39 is 10.0 Å². The third-order valence-corrected chi connectivity index (χ3v) is 4.75. The molecule has 0 amide bonds. The number of sulfonamides is 1. The van der Waals surface area contributed by atoms with Gasteiger partial charge in [-0.15, -0.1) is 0 Å². The number of ether oxygens (including phenoxy) is 1. The predicted molar refractivity (Wildman–Crippen MR) is 82.7 cm³/mol. The Morgan fingerprint density at radius 3 is 2.67 bits per heavy atom. The topological polar surface area (TPSA) is 79.2 Å². The van der Waals surface area contributed by atoms with Crippen LogP contribution in [0.5, 0.6) is 5.75 Å². The lowest BCUT2D eigenvalue weighted by molar-refractivity contribution is 0.415. The molecule has 7 heteroatoms. The highest BCUT2D eigenvalue weighted by Gasteiger charge is 2.16. The number of anilines is 1. The van der Waals surface area contributed by atoms with Crippen LogP contribution in [-0.4, -0.2) is 15.5 Å². The Labute approximate surface area is 131 Å². The summed E-state index contributed by atoms with van der Waals surface area (Å²) in [4.78, 5) is 0.0243. The van der Waals surface area contributed by atoms with Crippen molar-refractivity contribution in [1.29, 1.82) is 5.26 Å². The molecule has 0 aromatic heterocycles. The van der Waals surface area contributed by atoms with Gasteiger partial charge in [-0.3, -0.25) is 4.72 Å². The van der Waals surface area contributed by atoms with Gasteiger partial charge in [-0.1, -0.05) is 6.07 Å². The minimum atomic E-state index is -3.78. The lowest BCUT2D eigenvalue weighted by atomic mass is 10.2. The molecule has 0 heterocycles. The van der Waals surface area contributed by atoms with Gasteiger partial charge >= 0.3 is 0 Å². The van der Waals surface area contributed by atoms with Crippen molar-refractivity contribution in [2.24, 2.45) is 0 Å². The first-order valence-corrected chi connectivity index (χ1v) is 8.10. The number of halogens is 1. The van der Waals surface area contributed by atoms with Crippen molar-refractivity contribution in [3.05, 3.63) is 52.5 Å². The summed E-state index contributed by atoms with van der Waals surface area (Å²) in [5.74, 6) is 0.529. The Morgan fingerprint density at radius 1 is 1.24 bits per heavy atom. The summed E-state index contributed by atoms with van der Waals surface area (Å²) in [6, 6.07) is 12.7. The molecule has 0 radical (unpaired) electrons. The van der Waals surface area contributed by atoms with Crippen molar-refractivity contribution >= 4 is 31.6 Å². The van der Waals surface area contributed by atoms with E-state index in [1.165, 1.54) is 25.3 Å². The van der Waals surface area contributed by atoms with E-state index in [4.69, 9.17) is 10.00 Å². The molecule has 0 fully saturated rings. The summed E-state index contributed by atoms with van der Waals surface area (Å²) in [6.07, 6.45) is 0. The third-order valence-electron chi connectivity index (χ3n) is 2.69. The maximum absolute atomic E-state index is 12.3. The molecule has 2 aromatic carbocycles. The minimum Gasteiger partial charge on any atom is -0.497 e. The van der Waals surface area contributed by atoms with Crippen LogP contribution in [0.25, 0.3) is 0 Å². The molecule has 2 rings (SSSR count). The Bertz CT molecular complexity index is 813. The molecule has 0 aliphatic heterocycles. The van der Waals surface area contributed by atoms with E-state index in [0.29, 0.717) is 15.9 Å². The molecule has 108 valence electrons. The number of methoxy groups -OCH3 is 1. The van der Waals surface area contributed by atoms with Crippen LogP contribution < -0.4 is 9.46 Å². The molecule has 0 atom stereocenters. The summed E-state index contributed by atoms with van der Waals surface area (Å²) in [6.45, 7) is 0. The van der Waals surface area contributed by atoms with Gasteiger partial charge in [0.1, 0.15) is 5.75 Å². The monoisotopic (exact) mass is 366 g/mol. The standard InChI is InChI=1S/C14H11BrN2O3S/c1-20-11-5-6-13(15)14(8-11)17-21(18,19)12-4-2-3-10(7-12)9-16/h2-8,17H,1H3. The van der Waals surface area contributed by atoms with E-state index in [1.807, 2.05) is 6.07 Å². The van der Waals surface area contributed by atoms with Crippen LogP contribution in [0.1, 0.15) is 5.56 Å². The zero-order valence-electron chi connectivity index (χ0n) is 11.0. The van der Waals surface area contributed by atoms with Gasteiger partial charge in [-0.05, 0) is 46.3 Å². The van der Waals surface area contributed by atoms with Crippen LogP contribution in [0.15, 0.2) is 51.8 Å². The van der Waals surface area contributed by atoms with Crippen LogP contribution >= 0.6 is 15.9 Å². The van der Waals surface area contributed by atoms with Crippen molar-refractivity contribution in [3.63, 3.8) is 0 Å². The largest absolute Gasteiger partial charge is 0.497 e. The van der Waals surface area contributed by atoms with Crippen LogP contribution in [0.3, 0.4) is 0 Å². The van der Waals surface area contributed by atoms with Gasteiger partial charge in [0.05, 0.1) is 29.3 Å². The number of benzene rings is 2. The highest BCUT2D eigenvalue weighted by Crippen LogP contribution is 2.29. The van der Waals surface area contributed by atoms with Crippen LogP contribution in [-0.2, 0) is 10.0 Å². The van der Waals surface area contributed by atoms with Crippen LogP contribution in [0.2, 0.25) is 0 Å². The average Bonchev–Trinajstić information content (AvgIpc) is 2.49. The lowest BCUT2D eigenvalue weighted by Crippen LogP contribution is -2.13. The molecule has 1 N–H and O–H groups in total. The van der Waals surface area contributed by atoms with Crippen molar-refractivity contribution in [2.45, 2.75) is 4.90 Å². The fourth-order valence-electron chi connectivity index (χ4n) is 1.65. The van der Waals surface area contributed by atoms with Gasteiger partial charge in [0.2, 0.25) is 0 Å². The molecule has 2 aromatic rings. The second-order valence-electron chi connectivity index (χ2n) is 4.09. The first-order chi connectivity index (χ1) is 9.96. The Hall–Kier alpha value is -2.04. The molecule has 0 aliphatic carbocycles. The lowest BCUT2D eigenvalue weighted by Gasteiger charge is -2.11. The third kappa shape index (κ3) is 3.54. The van der Waals surface area contributed by atoms with Gasteiger partial charge < -0.3 is 4.74 Å². The molecule has 0 saturated heterocycles. The molecule has 0 spiro atoms. The summed E-state index contributed by atoms with van der Waals surface area (Å²) in [5.41, 5.74) is 0.638. The molecule has 0 bridgehead atoms. The molecule has 0 aliphatic rings. The fraction of sp³-hybridized carbons (Fsp3) is 0.0714. The predicted octanol–water partition coefficient (Wildman–Crippen LogP) is 3.13. The number of hydrogen-bond donors (Lipinski definition) is 1. The van der Waals surface area contributed by atoms with Gasteiger partial charge in [-0.2, -0.15) is 5.26 Å². The van der Waals surface area contributed by atoms with Gasteiger partial charge in [0.25, 0.3) is 10.0 Å². The number of hydrogen-bond acceptors (Lipinski definition) is 4. The van der Waals surface area contributed by atoms with Crippen molar-refractivity contribution in [1.82, 2.24) is 0 Å². The zero-order chi connectivity index (χ0) is 15.5. The Kier molecular flexibility index (Phi) is 4.50. The summed E-state index contributed by atoms with van der Waals surface area (Å²) >= 11 is 3.28. The summed E-state index contributed by atoms with van der Waals surface area (Å²) < 4.78 is 32.8. The van der Waals surface area contributed by atoms with E-state index in [9.17, 15) is 8.42 Å². The van der Waals surface area contributed by atoms with Crippen LogP contribution in [0, 0.1) is 11.3 Å². The molecule has 5 nitrogen and oxygen atoms in total. The first kappa shape index (κ1) is 15.4. The average molecular weight is 367 g/mol. The van der Waals surface area contributed by atoms with E-state index >= 15 is 0 Å². The molecule has 21 heavy (non-hydrogen) atoms. The van der Waals surface area contributed by atoms with E-state index in [0.717, 1.165) is 0 Å². The zero-order valence-corrected chi connectivity index (χ0v) is 13.4. The SMILES string of the molecule is COc1ccc(Br)c(NS(=O)(=O)c2cccc(C#N)c2)c1. The second kappa shape index (κ2) is 6.16. The summed E-state index contributed by atoms with van der Waals surface area (Å²) in [5, 5.41) is 8.84. The normalized spacial score (nSPS) is 10.7. The Morgan fingerprint density at radius 2 is 2.00 bits per heavy atom. The highest BCUT2D eigenvalue weighted by atomic mass is 79.9. The number of nitrogens with one attached hydrogen (secondary N) is 1. The van der Waals surface area contributed by atoms with E-state index in [2.05, 4.69) is 20.7 Å². The molecular weight excluding hydrogens is 356 g/mol. The van der Waals surface area contributed by atoms with Gasteiger partial charge in [0, 0.05) is 10.5 Å². The maximum atomic E-state index is 12.3. The highest BCUT2D eigenvalue weighted by molar-refractivity contribution is 9.10. The minimum absolute atomic E-state index is 0.0243. The first-order valence-electron chi connectivity index (χ1n) is 5.83. The van der Waals surface area contributed by atoms with Crippen molar-refractivity contribution in [3.8, 4) is 11.8 Å². The quantitative estimate of drug-likeness (QED) is 0.901. The number of nitriles is 1. The molecule has 0 unspecified atom stereocenters. The summed E-state index contributed by atoms with van der Waals surface area (Å²) in [7, 11) is -2.28. The smallest absolute Gasteiger partial charge is 0.261 e. The number of nitrogens with zero attached hydrogens (tertiary/aromatic N) is 1. The fourth-order valence-corrected chi connectivity index (χ4v) is 3.24. The van der Waals surface area contributed by atoms with Gasteiger partial charge in [0.15, 0.2) is 0 Å². The van der Waals surface area contributed by atoms with Crippen LogP contribution in [0.4, 0.5) is 5.69 Å². The molecule has 0 saturated carbocycles. The maximum Gasteiger partial charge on any atom is 0.261 e. The number of rotatable bonds is 4. The van der Waals surface area contributed by atoms with E-state index in [1.54, 1.807) is 24.3 Å². The second-order valence-corrected chi connectivity index (χ2v) is 6.63. The molecular formula is C14H11BrN2O3S. The Balaban J connectivity index is 2.40. The van der Waals surface area contributed by atoms with Crippen molar-refractivity contribution in [2.75, 3.05) is 11.8 Å². The van der Waals surface area contributed by atoms with Crippen molar-refractivity contribution < 1.29 is 13.2 Å². The van der Waals surface area contributed by atoms with Gasteiger partial charge in [-0.25, -0.2) is 8.42 Å². The van der Waals surface area contributed by atoms with E-state index in [-0.39, 0.29) is 10.5 Å².